The molecule has 6 saturated carbocycles. The lowest BCUT2D eigenvalue weighted by molar-refractivity contribution is -0.109. The van der Waals surface area contributed by atoms with Crippen molar-refractivity contribution in [3.8, 4) is 11.7 Å². The molecule has 0 radical (unpaired) electrons. The van der Waals surface area contributed by atoms with Crippen LogP contribution in [0.2, 0.25) is 17.5 Å². The largest absolute Gasteiger partial charge is 0.314 e. The average molecular weight is 494 g/mol. The molecule has 0 heterocycles. The SMILES string of the molecule is CCCCCCCCCC#C[B-]([C@@H]1C[C@@H]2C[C@H]([C@H]1C)C2(C)C)([C@@H]1C[C@@H]2C[C@H]([C@H]1C)C2(C)C)[C@@H](C)CC. The molecule has 36 heavy (non-hydrogen) atoms. The Hall–Kier alpha value is -0.375. The first-order chi connectivity index (χ1) is 17.0. The van der Waals surface area contributed by atoms with E-state index in [9.17, 15) is 0 Å². The summed E-state index contributed by atoms with van der Waals surface area (Å²) in [5.74, 6) is 16.3. The molecule has 6 aliphatic carbocycles. The normalized spacial score (nSPS) is 38.8. The summed E-state index contributed by atoms with van der Waals surface area (Å²) >= 11 is 0. The zero-order valence-corrected chi connectivity index (χ0v) is 26.0. The van der Waals surface area contributed by atoms with Gasteiger partial charge in [0.1, 0.15) is 0 Å². The van der Waals surface area contributed by atoms with Crippen molar-refractivity contribution in [3.63, 3.8) is 0 Å². The molecule has 0 unspecified atom stereocenters. The summed E-state index contributed by atoms with van der Waals surface area (Å²) in [6.07, 6.45) is 17.5. The van der Waals surface area contributed by atoms with Crippen molar-refractivity contribution in [2.45, 2.75) is 163 Å². The van der Waals surface area contributed by atoms with Gasteiger partial charge in [0.15, 0.2) is 0 Å². The minimum Gasteiger partial charge on any atom is -0.314 e. The quantitative estimate of drug-likeness (QED) is 0.152. The van der Waals surface area contributed by atoms with Crippen molar-refractivity contribution >= 4 is 6.15 Å². The summed E-state index contributed by atoms with van der Waals surface area (Å²) in [5, 5.41) is 0. The molecule has 0 nitrogen and oxygen atoms in total. The van der Waals surface area contributed by atoms with E-state index in [1.54, 1.807) is 0 Å². The van der Waals surface area contributed by atoms with Gasteiger partial charge in [-0.15, -0.1) is 0 Å². The predicted molar refractivity (Wildman–Crippen MR) is 162 cm³/mol. The maximum Gasteiger partial charge on any atom is 0.0799 e. The Kier molecular flexibility index (Phi) is 8.76. The van der Waals surface area contributed by atoms with Crippen LogP contribution in [-0.4, -0.2) is 6.15 Å². The minimum absolute atomic E-state index is 0.570. The molecule has 9 atom stereocenters. The second-order valence-electron chi connectivity index (χ2n) is 15.9. The summed E-state index contributed by atoms with van der Waals surface area (Å²) in [4.78, 5) is 0. The topological polar surface area (TPSA) is 0 Å². The fourth-order valence-corrected chi connectivity index (χ4v) is 11.2. The highest BCUT2D eigenvalue weighted by atomic mass is 14.6. The van der Waals surface area contributed by atoms with Gasteiger partial charge in [-0.2, -0.15) is 23.4 Å². The molecule has 0 aromatic rings. The van der Waals surface area contributed by atoms with Crippen LogP contribution in [0.3, 0.4) is 0 Å². The van der Waals surface area contributed by atoms with Gasteiger partial charge in [0.05, 0.1) is 6.15 Å². The summed E-state index contributed by atoms with van der Waals surface area (Å²) in [6, 6.07) is 0. The Morgan fingerprint density at radius 3 is 1.61 bits per heavy atom. The van der Waals surface area contributed by atoms with E-state index in [1.165, 1.54) is 77.0 Å². The first-order valence-electron chi connectivity index (χ1n) is 16.7. The molecule has 4 bridgehead atoms. The third-order valence-corrected chi connectivity index (χ3v) is 14.1. The van der Waals surface area contributed by atoms with Gasteiger partial charge in [0.2, 0.25) is 0 Å². The highest BCUT2D eigenvalue weighted by Gasteiger charge is 2.63. The fourth-order valence-electron chi connectivity index (χ4n) is 11.2. The lowest BCUT2D eigenvalue weighted by Gasteiger charge is -2.73. The third-order valence-electron chi connectivity index (χ3n) is 14.1. The van der Waals surface area contributed by atoms with Gasteiger partial charge >= 0.3 is 0 Å². The summed E-state index contributed by atoms with van der Waals surface area (Å²) < 4.78 is 0. The van der Waals surface area contributed by atoms with Crippen LogP contribution < -0.4 is 0 Å². The van der Waals surface area contributed by atoms with E-state index in [-0.39, 0.29) is 0 Å². The first-order valence-corrected chi connectivity index (χ1v) is 16.7. The van der Waals surface area contributed by atoms with Crippen molar-refractivity contribution in [2.24, 2.45) is 46.3 Å². The van der Waals surface area contributed by atoms with Gasteiger partial charge < -0.3 is 5.82 Å². The van der Waals surface area contributed by atoms with Crippen LogP contribution in [0.4, 0.5) is 0 Å². The number of hydrogen-bond acceptors (Lipinski definition) is 0. The van der Waals surface area contributed by atoms with Crippen LogP contribution in [0.25, 0.3) is 0 Å². The van der Waals surface area contributed by atoms with Crippen LogP contribution in [0, 0.1) is 58.1 Å². The number of hydrogen-bond donors (Lipinski definition) is 0. The van der Waals surface area contributed by atoms with Crippen LogP contribution in [0.5, 0.6) is 0 Å². The molecule has 0 aliphatic heterocycles. The highest BCUT2D eigenvalue weighted by molar-refractivity contribution is 6.91. The van der Waals surface area contributed by atoms with Crippen molar-refractivity contribution < 1.29 is 0 Å². The average Bonchev–Trinajstić information content (AvgIpc) is 2.85. The molecule has 0 spiro atoms. The Labute approximate surface area is 227 Å². The number of unbranched alkanes of at least 4 members (excludes halogenated alkanes) is 7. The molecule has 6 fully saturated rings. The highest BCUT2D eigenvalue weighted by Crippen LogP contribution is 2.73. The Bertz CT molecular complexity index is 753. The van der Waals surface area contributed by atoms with E-state index in [0.717, 1.165) is 59.4 Å². The maximum atomic E-state index is 4.34. The lowest BCUT2D eigenvalue weighted by Crippen LogP contribution is -2.65. The van der Waals surface area contributed by atoms with E-state index in [2.05, 4.69) is 74.1 Å². The molecule has 1 heteroatoms. The Morgan fingerprint density at radius 2 is 1.19 bits per heavy atom. The van der Waals surface area contributed by atoms with E-state index in [4.69, 9.17) is 0 Å². The lowest BCUT2D eigenvalue weighted by atomic mass is 9.03. The van der Waals surface area contributed by atoms with Crippen LogP contribution in [0.1, 0.15) is 146 Å². The van der Waals surface area contributed by atoms with Gasteiger partial charge in [0, 0.05) is 6.42 Å². The van der Waals surface area contributed by atoms with Gasteiger partial charge in [-0.3, -0.25) is 0 Å². The maximum absolute atomic E-state index is 4.34. The molecule has 0 N–H and O–H groups in total. The Balaban J connectivity index is 1.58. The smallest absolute Gasteiger partial charge is 0.0799 e. The van der Waals surface area contributed by atoms with Crippen LogP contribution in [-0.2, 0) is 0 Å². The summed E-state index contributed by atoms with van der Waals surface area (Å²) in [5.41, 5.74) is 1.14. The van der Waals surface area contributed by atoms with Crippen molar-refractivity contribution in [3.05, 3.63) is 0 Å². The van der Waals surface area contributed by atoms with Crippen LogP contribution in [0.15, 0.2) is 0 Å². The number of fused-ring (bicyclic) bond motifs is 4. The fraction of sp³-hybridized carbons (Fsp3) is 0.943. The van der Waals surface area contributed by atoms with E-state index >= 15 is 0 Å². The predicted octanol–water partition coefficient (Wildman–Crippen LogP) is 11.1. The van der Waals surface area contributed by atoms with Crippen molar-refractivity contribution in [1.82, 2.24) is 0 Å². The molecule has 0 saturated heterocycles. The first kappa shape index (κ1) is 28.6. The van der Waals surface area contributed by atoms with Crippen LogP contribution >= 0.6 is 0 Å². The zero-order chi connectivity index (χ0) is 26.3. The third kappa shape index (κ3) is 4.66. The van der Waals surface area contributed by atoms with E-state index < -0.39 is 6.15 Å². The van der Waals surface area contributed by atoms with Gasteiger partial charge in [-0.1, -0.05) is 132 Å². The van der Waals surface area contributed by atoms with E-state index in [0.29, 0.717) is 10.8 Å². The molecule has 0 aromatic carbocycles. The molecular formula is C35H62B-. The molecule has 6 rings (SSSR count). The van der Waals surface area contributed by atoms with Gasteiger partial charge in [-0.05, 0) is 53.8 Å². The molecular weight excluding hydrogens is 431 g/mol. The van der Waals surface area contributed by atoms with Gasteiger partial charge in [0.25, 0.3) is 0 Å². The monoisotopic (exact) mass is 493 g/mol. The second kappa shape index (κ2) is 11.0. The van der Waals surface area contributed by atoms with Gasteiger partial charge in [-0.25, -0.2) is 0 Å². The van der Waals surface area contributed by atoms with Crippen molar-refractivity contribution in [2.75, 3.05) is 0 Å². The summed E-state index contributed by atoms with van der Waals surface area (Å²) in [7, 11) is 0. The molecule has 6 aliphatic rings. The standard InChI is InChI=1S/C35H62B/c1-10-12-13-14-15-16-17-18-19-20-36(25(3)11-2,32-23-28-21-30(26(32)4)34(28,6)7)33-24-29-22-31(27(33)5)35(29,8)9/h25-33H,10-18,21-24H2,1-9H3/q-1/t25-,26+,27+,28-,29-,30+,31+,32+,33+/m0/s1. The second-order valence-corrected chi connectivity index (χ2v) is 15.9. The summed E-state index contributed by atoms with van der Waals surface area (Å²) in [6.45, 7) is 23.1. The number of rotatable bonds is 11. The molecule has 0 amide bonds. The van der Waals surface area contributed by atoms with Crippen molar-refractivity contribution in [1.29, 1.82) is 0 Å². The Morgan fingerprint density at radius 1 is 0.722 bits per heavy atom. The molecule has 206 valence electrons. The molecule has 0 aromatic heterocycles. The minimum atomic E-state index is -0.691. The van der Waals surface area contributed by atoms with E-state index in [1.807, 2.05) is 0 Å². The zero-order valence-electron chi connectivity index (χ0n) is 26.0.